The molecule has 1 unspecified atom stereocenters. The predicted octanol–water partition coefficient (Wildman–Crippen LogP) is 1.45. The quantitative estimate of drug-likeness (QED) is 0.672. The highest BCUT2D eigenvalue weighted by atomic mass is 19.4. The van der Waals surface area contributed by atoms with Crippen molar-refractivity contribution in [1.29, 1.82) is 0 Å². The molecule has 0 aromatic heterocycles. The predicted molar refractivity (Wildman–Crippen MR) is 44.5 cm³/mol. The summed E-state index contributed by atoms with van der Waals surface area (Å²) >= 11 is 0. The summed E-state index contributed by atoms with van der Waals surface area (Å²) in [6.45, 7) is 0.824. The first-order valence-electron chi connectivity index (χ1n) is 4.35. The molecule has 0 aliphatic heterocycles. The fraction of sp³-hybridized carbons (Fsp3) is 0.875. The number of hydrogen-bond donors (Lipinski definition) is 1. The summed E-state index contributed by atoms with van der Waals surface area (Å²) in [7, 11) is 0. The second kappa shape index (κ2) is 6.62. The zero-order valence-corrected chi connectivity index (χ0v) is 8.21. The molecular weight excluding hydrogens is 217 g/mol. The van der Waals surface area contributed by atoms with E-state index in [4.69, 9.17) is 9.84 Å². The number of carbonyl (C=O) groups is 1. The molecule has 0 fully saturated rings. The van der Waals surface area contributed by atoms with Gasteiger partial charge in [-0.1, -0.05) is 0 Å². The van der Waals surface area contributed by atoms with E-state index in [1.165, 1.54) is 0 Å². The van der Waals surface area contributed by atoms with Gasteiger partial charge in [-0.15, -0.1) is 0 Å². The van der Waals surface area contributed by atoms with Gasteiger partial charge in [-0.05, 0) is 6.92 Å². The Morgan fingerprint density at radius 3 is 2.47 bits per heavy atom. The van der Waals surface area contributed by atoms with Gasteiger partial charge in [0.25, 0.3) is 0 Å². The maximum absolute atomic E-state index is 11.7. The molecule has 0 radical (unpaired) electrons. The van der Waals surface area contributed by atoms with Crippen LogP contribution in [0.25, 0.3) is 0 Å². The topological polar surface area (TPSA) is 55.8 Å². The highest BCUT2D eigenvalue weighted by Crippen LogP contribution is 2.18. The Hall–Kier alpha value is -0.820. The summed E-state index contributed by atoms with van der Waals surface area (Å²) in [5, 5.41) is 8.54. The van der Waals surface area contributed by atoms with Crippen molar-refractivity contribution in [3.63, 3.8) is 0 Å². The monoisotopic (exact) mass is 230 g/mol. The van der Waals surface area contributed by atoms with Gasteiger partial charge in [0, 0.05) is 6.61 Å². The molecule has 90 valence electrons. The van der Waals surface area contributed by atoms with Crippen LogP contribution in [0.15, 0.2) is 0 Å². The van der Waals surface area contributed by atoms with Gasteiger partial charge in [0.05, 0.1) is 19.6 Å². The molecule has 0 aromatic carbocycles. The number of carboxylic acids is 1. The molecule has 0 amide bonds. The minimum Gasteiger partial charge on any atom is -0.479 e. The minimum absolute atomic E-state index is 0.166. The Morgan fingerprint density at radius 1 is 1.47 bits per heavy atom. The Balaban J connectivity index is 3.67. The van der Waals surface area contributed by atoms with Crippen LogP contribution in [0.2, 0.25) is 0 Å². The van der Waals surface area contributed by atoms with Crippen molar-refractivity contribution in [2.45, 2.75) is 25.6 Å². The van der Waals surface area contributed by atoms with Gasteiger partial charge < -0.3 is 14.6 Å². The van der Waals surface area contributed by atoms with Crippen molar-refractivity contribution >= 4 is 5.97 Å². The van der Waals surface area contributed by atoms with Gasteiger partial charge in [0.15, 0.2) is 6.10 Å². The molecule has 0 saturated carbocycles. The minimum atomic E-state index is -4.29. The molecule has 0 bridgehead atoms. The molecule has 7 heteroatoms. The maximum Gasteiger partial charge on any atom is 0.391 e. The first-order chi connectivity index (χ1) is 6.87. The Kier molecular flexibility index (Phi) is 6.26. The van der Waals surface area contributed by atoms with Gasteiger partial charge in [0.1, 0.15) is 0 Å². The number of ether oxygens (including phenoxy) is 2. The number of hydrogen-bond acceptors (Lipinski definition) is 3. The maximum atomic E-state index is 11.7. The van der Waals surface area contributed by atoms with E-state index in [1.807, 2.05) is 0 Å². The second-order valence-corrected chi connectivity index (χ2v) is 2.72. The molecule has 1 N–H and O–H groups in total. The molecule has 1 atom stereocenters. The van der Waals surface area contributed by atoms with Gasteiger partial charge >= 0.3 is 12.1 Å². The Morgan fingerprint density at radius 2 is 2.07 bits per heavy atom. The summed E-state index contributed by atoms with van der Waals surface area (Å²) in [6.07, 6.45) is -6.58. The van der Waals surface area contributed by atoms with Gasteiger partial charge in [-0.3, -0.25) is 0 Å². The summed E-state index contributed by atoms with van der Waals surface area (Å²) in [5.74, 6) is -1.25. The van der Waals surface area contributed by atoms with Gasteiger partial charge in [-0.25, -0.2) is 4.79 Å². The molecule has 0 saturated heterocycles. The Bertz CT molecular complexity index is 193. The normalized spacial score (nSPS) is 13.9. The van der Waals surface area contributed by atoms with Crippen molar-refractivity contribution in [3.8, 4) is 0 Å². The molecular formula is C8H13F3O4. The van der Waals surface area contributed by atoms with Crippen LogP contribution in [0, 0.1) is 0 Å². The molecule has 4 nitrogen and oxygen atoms in total. The lowest BCUT2D eigenvalue weighted by molar-refractivity contribution is -0.159. The molecule has 0 rings (SSSR count). The standard InChI is InChI=1S/C8H13F3O4/c1-2-15-6(7(12)13)5-14-4-3-8(9,10)11/h6H,2-5H2,1H3,(H,12,13). The van der Waals surface area contributed by atoms with Crippen LogP contribution < -0.4 is 0 Å². The van der Waals surface area contributed by atoms with Crippen LogP contribution in [-0.2, 0) is 14.3 Å². The third-order valence-electron chi connectivity index (χ3n) is 1.44. The number of carboxylic acid groups (broad SMARTS) is 1. The first kappa shape index (κ1) is 14.2. The molecule has 0 heterocycles. The molecule has 0 aliphatic rings. The SMILES string of the molecule is CCOC(COCCC(F)(F)F)C(=O)O. The van der Waals surface area contributed by atoms with Crippen LogP contribution in [0.3, 0.4) is 0 Å². The smallest absolute Gasteiger partial charge is 0.391 e. The number of aliphatic carboxylic acids is 1. The molecule has 0 aliphatic carbocycles. The van der Waals surface area contributed by atoms with E-state index in [0.29, 0.717) is 0 Å². The van der Waals surface area contributed by atoms with E-state index in [1.54, 1.807) is 6.92 Å². The number of alkyl halides is 3. The van der Waals surface area contributed by atoms with E-state index >= 15 is 0 Å². The lowest BCUT2D eigenvalue weighted by atomic mass is 10.4. The van der Waals surface area contributed by atoms with Gasteiger partial charge in [-0.2, -0.15) is 13.2 Å². The largest absolute Gasteiger partial charge is 0.479 e. The van der Waals surface area contributed by atoms with Crippen LogP contribution in [0.1, 0.15) is 13.3 Å². The Labute approximate surface area is 85.0 Å². The fourth-order valence-electron chi connectivity index (χ4n) is 0.770. The third kappa shape index (κ3) is 8.19. The van der Waals surface area contributed by atoms with Crippen molar-refractivity contribution < 1.29 is 32.5 Å². The average molecular weight is 230 g/mol. The third-order valence-corrected chi connectivity index (χ3v) is 1.44. The van der Waals surface area contributed by atoms with Crippen LogP contribution in [0.4, 0.5) is 13.2 Å². The van der Waals surface area contributed by atoms with Crippen LogP contribution >= 0.6 is 0 Å². The number of halogens is 3. The van der Waals surface area contributed by atoms with Crippen LogP contribution in [0.5, 0.6) is 0 Å². The summed E-state index contributed by atoms with van der Waals surface area (Å²) < 4.78 is 44.3. The molecule has 0 spiro atoms. The number of rotatable bonds is 7. The van der Waals surface area contributed by atoms with E-state index in [9.17, 15) is 18.0 Å². The van der Waals surface area contributed by atoms with Crippen LogP contribution in [-0.4, -0.2) is 43.2 Å². The van der Waals surface area contributed by atoms with Crippen molar-refractivity contribution in [2.24, 2.45) is 0 Å². The van der Waals surface area contributed by atoms with Crippen molar-refractivity contribution in [2.75, 3.05) is 19.8 Å². The molecule has 0 aromatic rings. The zero-order chi connectivity index (χ0) is 11.9. The van der Waals surface area contributed by atoms with Gasteiger partial charge in [0.2, 0.25) is 0 Å². The first-order valence-corrected chi connectivity index (χ1v) is 4.35. The van der Waals surface area contributed by atoms with E-state index < -0.39 is 31.3 Å². The average Bonchev–Trinajstić information content (AvgIpc) is 2.08. The molecule has 15 heavy (non-hydrogen) atoms. The van der Waals surface area contributed by atoms with E-state index in [0.717, 1.165) is 0 Å². The van der Waals surface area contributed by atoms with Crippen molar-refractivity contribution in [1.82, 2.24) is 0 Å². The summed E-state index contributed by atoms with van der Waals surface area (Å²) in [6, 6.07) is 0. The lowest BCUT2D eigenvalue weighted by Crippen LogP contribution is -2.29. The van der Waals surface area contributed by atoms with E-state index in [2.05, 4.69) is 4.74 Å². The van der Waals surface area contributed by atoms with Crippen molar-refractivity contribution in [3.05, 3.63) is 0 Å². The fourth-order valence-corrected chi connectivity index (χ4v) is 0.770. The highest BCUT2D eigenvalue weighted by molar-refractivity contribution is 5.72. The lowest BCUT2D eigenvalue weighted by Gasteiger charge is -2.13. The second-order valence-electron chi connectivity index (χ2n) is 2.72. The summed E-state index contributed by atoms with van der Waals surface area (Å²) in [5.41, 5.74) is 0. The highest BCUT2D eigenvalue weighted by Gasteiger charge is 2.27. The summed E-state index contributed by atoms with van der Waals surface area (Å²) in [4.78, 5) is 10.5. The zero-order valence-electron chi connectivity index (χ0n) is 8.21. The van der Waals surface area contributed by atoms with E-state index in [-0.39, 0.29) is 13.2 Å².